The van der Waals surface area contributed by atoms with Crippen LogP contribution < -0.4 is 0 Å². The number of aryl methyl sites for hydroxylation is 1. The number of nitrogens with zero attached hydrogens (tertiary/aromatic N) is 4. The van der Waals surface area contributed by atoms with E-state index >= 15 is 0 Å². The van der Waals surface area contributed by atoms with E-state index < -0.39 is 0 Å². The Labute approximate surface area is 140 Å². The van der Waals surface area contributed by atoms with E-state index in [9.17, 15) is 4.79 Å². The lowest BCUT2D eigenvalue weighted by Gasteiger charge is -2.25. The molecule has 3 aromatic rings. The molecule has 1 fully saturated rings. The molecular weight excluding hydrogens is 300 g/mol. The number of para-hydroxylation sites is 1. The van der Waals surface area contributed by atoms with Crippen molar-refractivity contribution in [3.05, 3.63) is 60.2 Å². The van der Waals surface area contributed by atoms with E-state index in [2.05, 4.69) is 34.6 Å². The molecule has 1 aliphatic heterocycles. The highest BCUT2D eigenvalue weighted by atomic mass is 16.2. The molecule has 0 bridgehead atoms. The number of carbonyl (C=O) groups excluding carboxylic acids is 1. The quantitative estimate of drug-likeness (QED) is 0.725. The molecule has 0 saturated carbocycles. The van der Waals surface area contributed by atoms with Gasteiger partial charge in [-0.15, -0.1) is 5.10 Å². The molecule has 2 aromatic carbocycles. The average Bonchev–Trinajstić information content (AvgIpc) is 3.20. The molecule has 122 valence electrons. The van der Waals surface area contributed by atoms with Gasteiger partial charge in [-0.05, 0) is 37.0 Å². The molecule has 0 spiro atoms. The first-order chi connectivity index (χ1) is 11.8. The third-order valence-corrected chi connectivity index (χ3v) is 4.66. The second-order valence-electron chi connectivity index (χ2n) is 6.22. The van der Waals surface area contributed by atoms with Gasteiger partial charge in [0.05, 0.1) is 5.52 Å². The largest absolute Gasteiger partial charge is 0.320 e. The summed E-state index contributed by atoms with van der Waals surface area (Å²) >= 11 is 0. The van der Waals surface area contributed by atoms with E-state index in [1.807, 2.05) is 39.9 Å². The van der Waals surface area contributed by atoms with Gasteiger partial charge in [-0.2, -0.15) is 0 Å². The molecule has 1 aromatic heterocycles. The van der Waals surface area contributed by atoms with Crippen molar-refractivity contribution in [3.63, 3.8) is 0 Å². The van der Waals surface area contributed by atoms with Gasteiger partial charge in [0.1, 0.15) is 11.7 Å². The topological polar surface area (TPSA) is 51.0 Å². The van der Waals surface area contributed by atoms with Crippen molar-refractivity contribution in [2.45, 2.75) is 31.8 Å². The molecule has 1 amide bonds. The summed E-state index contributed by atoms with van der Waals surface area (Å²) in [6, 6.07) is 18.3. The number of hydrogen-bond acceptors (Lipinski definition) is 3. The predicted octanol–water partition coefficient (Wildman–Crippen LogP) is 3.19. The van der Waals surface area contributed by atoms with E-state index in [1.165, 1.54) is 5.56 Å². The third kappa shape index (κ3) is 2.77. The van der Waals surface area contributed by atoms with Gasteiger partial charge < -0.3 is 4.90 Å². The summed E-state index contributed by atoms with van der Waals surface area (Å²) in [5.41, 5.74) is 3.18. The van der Waals surface area contributed by atoms with Crippen LogP contribution in [-0.2, 0) is 11.2 Å². The first-order valence-electron chi connectivity index (χ1n) is 8.46. The maximum Gasteiger partial charge on any atom is 0.224 e. The van der Waals surface area contributed by atoms with Crippen molar-refractivity contribution >= 4 is 16.9 Å². The second-order valence-corrected chi connectivity index (χ2v) is 6.22. The zero-order valence-electron chi connectivity index (χ0n) is 13.5. The van der Waals surface area contributed by atoms with Crippen LogP contribution in [0.4, 0.5) is 0 Å². The smallest absolute Gasteiger partial charge is 0.224 e. The van der Waals surface area contributed by atoms with Crippen LogP contribution in [0.5, 0.6) is 0 Å². The van der Waals surface area contributed by atoms with Gasteiger partial charge in [0.15, 0.2) is 0 Å². The molecule has 1 aliphatic rings. The molecular formula is C19H20N4O. The third-order valence-electron chi connectivity index (χ3n) is 4.66. The zero-order valence-corrected chi connectivity index (χ0v) is 13.5. The van der Waals surface area contributed by atoms with Crippen molar-refractivity contribution < 1.29 is 4.79 Å². The number of fused-ring (bicyclic) bond motifs is 1. The van der Waals surface area contributed by atoms with Gasteiger partial charge in [-0.3, -0.25) is 4.79 Å². The van der Waals surface area contributed by atoms with E-state index in [0.29, 0.717) is 6.42 Å². The van der Waals surface area contributed by atoms with E-state index in [1.54, 1.807) is 0 Å². The minimum absolute atomic E-state index is 0.0133. The summed E-state index contributed by atoms with van der Waals surface area (Å²) in [6.45, 7) is 0.757. The molecule has 5 nitrogen and oxygen atoms in total. The maximum absolute atomic E-state index is 12.3. The van der Waals surface area contributed by atoms with Gasteiger partial charge in [-0.25, -0.2) is 4.68 Å². The van der Waals surface area contributed by atoms with Crippen LogP contribution in [0.2, 0.25) is 0 Å². The fraction of sp³-hybridized carbons (Fsp3) is 0.316. The first-order valence-corrected chi connectivity index (χ1v) is 8.46. The molecule has 0 radical (unpaired) electrons. The lowest BCUT2D eigenvalue weighted by atomic mass is 10.1. The molecule has 0 N–H and O–H groups in total. The highest BCUT2D eigenvalue weighted by Gasteiger charge is 2.33. The predicted molar refractivity (Wildman–Crippen MR) is 92.3 cm³/mol. The summed E-state index contributed by atoms with van der Waals surface area (Å²) < 4.78 is 1.91. The minimum Gasteiger partial charge on any atom is -0.320 e. The second kappa shape index (κ2) is 6.43. The van der Waals surface area contributed by atoms with Crippen LogP contribution in [0.1, 0.15) is 31.0 Å². The zero-order chi connectivity index (χ0) is 16.4. The van der Waals surface area contributed by atoms with E-state index in [-0.39, 0.29) is 12.1 Å². The molecule has 4 rings (SSSR count). The van der Waals surface area contributed by atoms with Gasteiger partial charge in [0.2, 0.25) is 5.91 Å². The van der Waals surface area contributed by atoms with Crippen LogP contribution in [0, 0.1) is 0 Å². The van der Waals surface area contributed by atoms with Gasteiger partial charge >= 0.3 is 0 Å². The Morgan fingerprint density at radius 1 is 1.04 bits per heavy atom. The van der Waals surface area contributed by atoms with Crippen molar-refractivity contribution in [2.75, 3.05) is 6.54 Å². The lowest BCUT2D eigenvalue weighted by Crippen LogP contribution is -2.32. The van der Waals surface area contributed by atoms with E-state index in [0.717, 1.165) is 36.8 Å². The summed E-state index contributed by atoms with van der Waals surface area (Å²) in [5, 5.41) is 8.53. The fourth-order valence-corrected chi connectivity index (χ4v) is 3.45. The Morgan fingerprint density at radius 2 is 1.83 bits per heavy atom. The summed E-state index contributed by atoms with van der Waals surface area (Å²) in [4.78, 5) is 14.3. The van der Waals surface area contributed by atoms with Crippen LogP contribution in [0.3, 0.4) is 0 Å². The molecule has 1 unspecified atom stereocenters. The number of benzene rings is 2. The van der Waals surface area contributed by atoms with Crippen LogP contribution >= 0.6 is 0 Å². The van der Waals surface area contributed by atoms with E-state index in [4.69, 9.17) is 0 Å². The van der Waals surface area contributed by atoms with Gasteiger partial charge in [0.25, 0.3) is 0 Å². The van der Waals surface area contributed by atoms with Crippen molar-refractivity contribution in [3.8, 4) is 0 Å². The average molecular weight is 320 g/mol. The fourth-order valence-electron chi connectivity index (χ4n) is 3.45. The normalized spacial score (nSPS) is 17.8. The Kier molecular flexibility index (Phi) is 3.99. The Hall–Kier alpha value is -2.69. The summed E-state index contributed by atoms with van der Waals surface area (Å²) in [6.07, 6.45) is 3.32. The van der Waals surface area contributed by atoms with Crippen molar-refractivity contribution in [1.82, 2.24) is 19.9 Å². The summed E-state index contributed by atoms with van der Waals surface area (Å²) in [5.74, 6) is 0.215. The number of amides is 1. The molecule has 5 heteroatoms. The number of likely N-dealkylation sites (tertiary alicyclic amines) is 1. The number of aromatic nitrogens is 3. The summed E-state index contributed by atoms with van der Waals surface area (Å²) in [7, 11) is 0. The molecule has 24 heavy (non-hydrogen) atoms. The highest BCUT2D eigenvalue weighted by Crippen LogP contribution is 2.30. The molecule has 0 aliphatic carbocycles. The SMILES string of the molecule is O=C1CCC(n2nnc3ccccc32)N1CCCc1ccccc1. The lowest BCUT2D eigenvalue weighted by molar-refractivity contribution is -0.130. The number of carbonyl (C=O) groups is 1. The number of hydrogen-bond donors (Lipinski definition) is 0. The molecule has 2 heterocycles. The monoisotopic (exact) mass is 320 g/mol. The van der Waals surface area contributed by atoms with Crippen LogP contribution in [0.15, 0.2) is 54.6 Å². The Morgan fingerprint density at radius 3 is 2.71 bits per heavy atom. The minimum atomic E-state index is -0.0133. The first kappa shape index (κ1) is 14.9. The van der Waals surface area contributed by atoms with Crippen molar-refractivity contribution in [1.29, 1.82) is 0 Å². The standard InChI is InChI=1S/C19H20N4O/c24-19-13-12-18(23-17-11-5-4-10-16(17)20-21-23)22(19)14-6-9-15-7-2-1-3-8-15/h1-5,7-8,10-11,18H,6,9,12-14H2. The van der Waals surface area contributed by atoms with Crippen molar-refractivity contribution in [2.24, 2.45) is 0 Å². The van der Waals surface area contributed by atoms with Gasteiger partial charge in [0, 0.05) is 13.0 Å². The Bertz CT molecular complexity index is 843. The Balaban J connectivity index is 1.49. The van der Waals surface area contributed by atoms with Gasteiger partial charge in [-0.1, -0.05) is 47.7 Å². The molecule has 1 atom stereocenters. The number of rotatable bonds is 5. The highest BCUT2D eigenvalue weighted by molar-refractivity contribution is 5.79. The molecule has 1 saturated heterocycles. The maximum atomic E-state index is 12.3. The van der Waals surface area contributed by atoms with Crippen LogP contribution in [0.25, 0.3) is 11.0 Å². The van der Waals surface area contributed by atoms with Crippen LogP contribution in [-0.4, -0.2) is 32.3 Å².